The van der Waals surface area contributed by atoms with E-state index in [0.717, 1.165) is 26.2 Å². The van der Waals surface area contributed by atoms with E-state index in [1.165, 1.54) is 25.2 Å². The van der Waals surface area contributed by atoms with Crippen molar-refractivity contribution >= 4 is 43.5 Å². The number of methoxy groups -OCH3 is 2. The van der Waals surface area contributed by atoms with Gasteiger partial charge in [-0.1, -0.05) is 58.4 Å². The fraction of sp³-hybridized carbons (Fsp3) is 0.310. The summed E-state index contributed by atoms with van der Waals surface area (Å²) in [6.45, 7) is 1.77. The van der Waals surface area contributed by atoms with Gasteiger partial charge in [0, 0.05) is 30.0 Å². The lowest BCUT2D eigenvalue weighted by Crippen LogP contribution is -2.53. The molecule has 0 spiro atoms. The molecule has 3 aromatic rings. The van der Waals surface area contributed by atoms with Crippen LogP contribution < -0.4 is 19.1 Å². The number of carbonyl (C=O) groups is 2. The van der Waals surface area contributed by atoms with Crippen molar-refractivity contribution in [1.82, 2.24) is 10.2 Å². The van der Waals surface area contributed by atoms with Crippen molar-refractivity contribution in [2.24, 2.45) is 0 Å². The molecule has 0 unspecified atom stereocenters. The lowest BCUT2D eigenvalue weighted by molar-refractivity contribution is -0.140. The van der Waals surface area contributed by atoms with Crippen molar-refractivity contribution in [3.05, 3.63) is 88.4 Å². The van der Waals surface area contributed by atoms with Gasteiger partial charge in [0.25, 0.3) is 0 Å². The number of sulfonamides is 1. The van der Waals surface area contributed by atoms with Crippen LogP contribution in [0.1, 0.15) is 18.1 Å². The van der Waals surface area contributed by atoms with Crippen molar-refractivity contribution in [2.45, 2.75) is 25.9 Å². The molecule has 0 radical (unpaired) electrons. The van der Waals surface area contributed by atoms with Crippen molar-refractivity contribution in [3.63, 3.8) is 0 Å². The van der Waals surface area contributed by atoms with Crippen molar-refractivity contribution in [2.75, 3.05) is 37.9 Å². The van der Waals surface area contributed by atoms with Crippen molar-refractivity contribution in [1.29, 1.82) is 0 Å². The molecule has 3 rings (SSSR count). The summed E-state index contributed by atoms with van der Waals surface area (Å²) >= 11 is 3.42. The van der Waals surface area contributed by atoms with E-state index in [-0.39, 0.29) is 24.6 Å². The number of ether oxygens (including phenoxy) is 2. The number of rotatable bonds is 13. The molecule has 214 valence electrons. The number of benzene rings is 3. The number of nitrogens with zero attached hydrogens (tertiary/aromatic N) is 2. The van der Waals surface area contributed by atoms with Gasteiger partial charge < -0.3 is 19.7 Å². The first-order chi connectivity index (χ1) is 19.1. The highest BCUT2D eigenvalue weighted by Crippen LogP contribution is 2.32. The van der Waals surface area contributed by atoms with Crippen LogP contribution in [0, 0.1) is 0 Å². The molecule has 3 aromatic carbocycles. The van der Waals surface area contributed by atoms with E-state index in [0.29, 0.717) is 18.0 Å². The summed E-state index contributed by atoms with van der Waals surface area (Å²) in [5, 5.41) is 2.84. The number of nitrogens with one attached hydrogen (secondary N) is 1. The molecule has 11 heteroatoms. The maximum Gasteiger partial charge on any atom is 0.244 e. The molecule has 0 fully saturated rings. The fourth-order valence-electron chi connectivity index (χ4n) is 4.23. The van der Waals surface area contributed by atoms with E-state index in [1.807, 2.05) is 54.6 Å². The van der Waals surface area contributed by atoms with Gasteiger partial charge in [-0.05, 0) is 42.3 Å². The Morgan fingerprint density at radius 2 is 1.57 bits per heavy atom. The number of hydrogen-bond donors (Lipinski definition) is 1. The Morgan fingerprint density at radius 3 is 2.15 bits per heavy atom. The molecule has 0 heterocycles. The first-order valence-corrected chi connectivity index (χ1v) is 15.3. The third-order valence-electron chi connectivity index (χ3n) is 6.22. The SMILES string of the molecule is CCNC(=O)[C@H](Cc1ccccc1)N(Cc1ccc(Br)cc1)C(=O)CN(c1ccc(OC)c(OC)c1)S(C)(=O)=O. The molecule has 0 aliphatic carbocycles. The van der Waals surface area contributed by atoms with Crippen LogP contribution in [0.5, 0.6) is 11.5 Å². The smallest absolute Gasteiger partial charge is 0.244 e. The predicted octanol–water partition coefficient (Wildman–Crippen LogP) is 4.01. The van der Waals surface area contributed by atoms with Crippen molar-refractivity contribution < 1.29 is 27.5 Å². The first kappa shape index (κ1) is 31.0. The first-order valence-electron chi connectivity index (χ1n) is 12.6. The maximum absolute atomic E-state index is 14.0. The van der Waals surface area contributed by atoms with Crippen LogP contribution in [0.4, 0.5) is 5.69 Å². The number of amides is 2. The fourth-order valence-corrected chi connectivity index (χ4v) is 5.33. The lowest BCUT2D eigenvalue weighted by Gasteiger charge is -2.33. The molecule has 1 N–H and O–H groups in total. The summed E-state index contributed by atoms with van der Waals surface area (Å²) in [4.78, 5) is 28.9. The molecule has 0 aliphatic heterocycles. The van der Waals surface area contributed by atoms with Crippen LogP contribution in [0.3, 0.4) is 0 Å². The Balaban J connectivity index is 2.05. The number of halogens is 1. The summed E-state index contributed by atoms with van der Waals surface area (Å²) in [6, 6.07) is 20.5. The largest absolute Gasteiger partial charge is 0.493 e. The quantitative estimate of drug-likeness (QED) is 0.306. The van der Waals surface area contributed by atoms with Gasteiger partial charge in [0.1, 0.15) is 12.6 Å². The Hall–Kier alpha value is -3.57. The zero-order valence-corrected chi connectivity index (χ0v) is 25.4. The van der Waals surface area contributed by atoms with Gasteiger partial charge in [-0.15, -0.1) is 0 Å². The zero-order valence-electron chi connectivity index (χ0n) is 23.0. The van der Waals surface area contributed by atoms with Crippen LogP contribution >= 0.6 is 15.9 Å². The van der Waals surface area contributed by atoms with Gasteiger partial charge >= 0.3 is 0 Å². The molecular formula is C29H34BrN3O6S. The predicted molar refractivity (Wildman–Crippen MR) is 159 cm³/mol. The zero-order chi connectivity index (χ0) is 29.3. The van der Waals surface area contributed by atoms with Gasteiger partial charge in [-0.25, -0.2) is 8.42 Å². The molecule has 0 saturated heterocycles. The van der Waals surface area contributed by atoms with Crippen LogP contribution in [0.2, 0.25) is 0 Å². The molecule has 0 aliphatic rings. The van der Waals surface area contributed by atoms with Gasteiger partial charge in [-0.2, -0.15) is 0 Å². The monoisotopic (exact) mass is 631 g/mol. The van der Waals surface area contributed by atoms with Crippen LogP contribution in [-0.2, 0) is 32.6 Å². The maximum atomic E-state index is 14.0. The van der Waals surface area contributed by atoms with Crippen LogP contribution in [-0.4, -0.2) is 64.7 Å². The standard InChI is InChI=1S/C29H34BrN3O6S/c1-5-31-29(35)25(17-21-9-7-6-8-10-21)32(19-22-11-13-23(30)14-12-22)28(34)20-33(40(4,36)37)24-15-16-26(38-2)27(18-24)39-3/h6-16,18,25H,5,17,19-20H2,1-4H3,(H,31,35)/t25-/m0/s1. The minimum Gasteiger partial charge on any atom is -0.493 e. The molecule has 2 amide bonds. The minimum atomic E-state index is -3.90. The number of anilines is 1. The topological polar surface area (TPSA) is 105 Å². The summed E-state index contributed by atoms with van der Waals surface area (Å²) in [5.41, 5.74) is 1.89. The van der Waals surface area contributed by atoms with E-state index < -0.39 is 28.5 Å². The second-order valence-electron chi connectivity index (χ2n) is 9.06. The average molecular weight is 633 g/mol. The normalized spacial score (nSPS) is 11.8. The second-order valence-corrected chi connectivity index (χ2v) is 11.9. The third kappa shape index (κ3) is 8.22. The minimum absolute atomic E-state index is 0.101. The van der Waals surface area contributed by atoms with Crippen LogP contribution in [0.15, 0.2) is 77.3 Å². The Kier molecular flexibility index (Phi) is 11.0. The lowest BCUT2D eigenvalue weighted by atomic mass is 10.0. The van der Waals surface area contributed by atoms with Gasteiger partial charge in [0.15, 0.2) is 11.5 Å². The summed E-state index contributed by atoms with van der Waals surface area (Å²) < 4.78 is 38.4. The second kappa shape index (κ2) is 14.2. The van der Waals surface area contributed by atoms with E-state index in [2.05, 4.69) is 21.2 Å². The van der Waals surface area contributed by atoms with Crippen molar-refractivity contribution in [3.8, 4) is 11.5 Å². The molecule has 1 atom stereocenters. The van der Waals surface area contributed by atoms with Crippen LogP contribution in [0.25, 0.3) is 0 Å². The van der Waals surface area contributed by atoms with E-state index in [9.17, 15) is 18.0 Å². The average Bonchev–Trinajstić information content (AvgIpc) is 2.94. The number of hydrogen-bond acceptors (Lipinski definition) is 6. The molecular weight excluding hydrogens is 598 g/mol. The Labute approximate surface area is 244 Å². The van der Waals surface area contributed by atoms with Gasteiger partial charge in [0.05, 0.1) is 26.2 Å². The summed E-state index contributed by atoms with van der Waals surface area (Å²) in [5.74, 6) is -0.122. The third-order valence-corrected chi connectivity index (χ3v) is 7.89. The van der Waals surface area contributed by atoms with E-state index in [4.69, 9.17) is 9.47 Å². The van der Waals surface area contributed by atoms with Gasteiger partial charge in [-0.3, -0.25) is 13.9 Å². The van der Waals surface area contributed by atoms with Gasteiger partial charge in [0.2, 0.25) is 21.8 Å². The summed E-state index contributed by atoms with van der Waals surface area (Å²) in [6.07, 6.45) is 1.28. The molecule has 40 heavy (non-hydrogen) atoms. The molecule has 0 aromatic heterocycles. The van der Waals surface area contributed by atoms with E-state index in [1.54, 1.807) is 19.1 Å². The highest BCUT2D eigenvalue weighted by molar-refractivity contribution is 9.10. The molecule has 0 bridgehead atoms. The highest BCUT2D eigenvalue weighted by atomic mass is 79.9. The van der Waals surface area contributed by atoms with E-state index >= 15 is 0 Å². The number of carbonyl (C=O) groups excluding carboxylic acids is 2. The Bertz CT molecular complexity index is 1400. The molecule has 9 nitrogen and oxygen atoms in total. The molecule has 0 saturated carbocycles. The Morgan fingerprint density at radius 1 is 0.925 bits per heavy atom. The number of likely N-dealkylation sites (N-methyl/N-ethyl adjacent to an activating group) is 1. The highest BCUT2D eigenvalue weighted by Gasteiger charge is 2.33. The summed E-state index contributed by atoms with van der Waals surface area (Å²) in [7, 11) is -0.984.